The van der Waals surface area contributed by atoms with E-state index in [1.54, 1.807) is 5.01 Å². The first-order valence-corrected chi connectivity index (χ1v) is 9.76. The number of carbonyl (C=O) groups is 1. The molecular formula is C19H17ClN4OS. The third-order valence-electron chi connectivity index (χ3n) is 4.28. The van der Waals surface area contributed by atoms with Crippen molar-refractivity contribution in [2.45, 2.75) is 25.3 Å². The van der Waals surface area contributed by atoms with Gasteiger partial charge in [-0.25, -0.2) is 5.01 Å². The summed E-state index contributed by atoms with van der Waals surface area (Å²) < 4.78 is 0. The van der Waals surface area contributed by atoms with E-state index < -0.39 is 0 Å². The molecule has 0 aliphatic carbocycles. The second-order valence-corrected chi connectivity index (χ2v) is 7.34. The van der Waals surface area contributed by atoms with Crippen LogP contribution in [0.5, 0.6) is 0 Å². The highest BCUT2D eigenvalue weighted by atomic mass is 35.5. The lowest BCUT2D eigenvalue weighted by Gasteiger charge is -2.33. The van der Waals surface area contributed by atoms with E-state index in [9.17, 15) is 4.79 Å². The fourth-order valence-corrected chi connectivity index (χ4v) is 4.12. The molecule has 0 spiro atoms. The summed E-state index contributed by atoms with van der Waals surface area (Å²) in [5, 5.41) is 12.2. The largest absolute Gasteiger partial charge is 0.298 e. The maximum absolute atomic E-state index is 12.8. The molecule has 0 radical (unpaired) electrons. The SMILES string of the molecule is CCC1N=c2ccccc2=C2C(=O)NC(SCc3ccccc3Cl)=NN21. The molecule has 1 atom stereocenters. The van der Waals surface area contributed by atoms with Gasteiger partial charge in [-0.05, 0) is 24.1 Å². The van der Waals surface area contributed by atoms with Gasteiger partial charge in [-0.1, -0.05) is 66.7 Å². The van der Waals surface area contributed by atoms with Crippen LogP contribution in [0, 0.1) is 0 Å². The van der Waals surface area contributed by atoms with Crippen LogP contribution in [0.4, 0.5) is 0 Å². The Bertz CT molecular complexity index is 1020. The summed E-state index contributed by atoms with van der Waals surface area (Å²) in [5.41, 5.74) is 1.57. The number of amides is 1. The number of para-hydroxylation sites is 1. The molecule has 2 aromatic rings. The molecule has 5 nitrogen and oxygen atoms in total. The predicted octanol–water partition coefficient (Wildman–Crippen LogP) is 2.45. The smallest absolute Gasteiger partial charge is 0.276 e. The average Bonchev–Trinajstić information content (AvgIpc) is 2.66. The lowest BCUT2D eigenvalue weighted by Crippen LogP contribution is -2.52. The van der Waals surface area contributed by atoms with E-state index in [0.29, 0.717) is 21.6 Å². The second-order valence-electron chi connectivity index (χ2n) is 5.97. The Morgan fingerprint density at radius 1 is 1.19 bits per heavy atom. The third-order valence-corrected chi connectivity index (χ3v) is 5.56. The van der Waals surface area contributed by atoms with Gasteiger partial charge in [0, 0.05) is 16.0 Å². The summed E-state index contributed by atoms with van der Waals surface area (Å²) in [7, 11) is 0. The Balaban J connectivity index is 1.68. The van der Waals surface area contributed by atoms with Gasteiger partial charge in [-0.15, -0.1) is 5.10 Å². The molecule has 0 bridgehead atoms. The van der Waals surface area contributed by atoms with Gasteiger partial charge in [0.05, 0.1) is 5.36 Å². The van der Waals surface area contributed by atoms with E-state index in [4.69, 9.17) is 16.6 Å². The number of benzene rings is 2. The fraction of sp³-hybridized carbons (Fsp3) is 0.211. The van der Waals surface area contributed by atoms with Gasteiger partial charge in [-0.3, -0.25) is 15.1 Å². The minimum absolute atomic E-state index is 0.151. The van der Waals surface area contributed by atoms with Gasteiger partial charge < -0.3 is 0 Å². The molecule has 26 heavy (non-hydrogen) atoms. The fourth-order valence-electron chi connectivity index (χ4n) is 2.99. The molecule has 0 saturated carbocycles. The summed E-state index contributed by atoms with van der Waals surface area (Å²) in [6.07, 6.45) is 0.582. The second kappa shape index (κ2) is 7.13. The van der Waals surface area contributed by atoms with E-state index in [2.05, 4.69) is 10.4 Å². The van der Waals surface area contributed by atoms with E-state index in [0.717, 1.165) is 22.6 Å². The van der Waals surface area contributed by atoms with Crippen LogP contribution >= 0.6 is 23.4 Å². The number of nitrogens with one attached hydrogen (secondary N) is 1. The maximum atomic E-state index is 12.8. The number of halogens is 1. The monoisotopic (exact) mass is 384 g/mol. The third kappa shape index (κ3) is 3.10. The van der Waals surface area contributed by atoms with E-state index in [1.807, 2.05) is 55.5 Å². The number of hydrazone groups is 1. The molecular weight excluding hydrogens is 368 g/mol. The zero-order chi connectivity index (χ0) is 18.1. The van der Waals surface area contributed by atoms with Gasteiger partial charge in [0.2, 0.25) is 0 Å². The van der Waals surface area contributed by atoms with Crippen molar-refractivity contribution in [3.05, 3.63) is 69.7 Å². The van der Waals surface area contributed by atoms with Crippen LogP contribution in [0.2, 0.25) is 5.02 Å². The molecule has 2 aromatic carbocycles. The number of rotatable bonds is 3. The zero-order valence-corrected chi connectivity index (χ0v) is 15.7. The molecule has 0 fully saturated rings. The minimum atomic E-state index is -0.179. The minimum Gasteiger partial charge on any atom is -0.298 e. The Kier molecular flexibility index (Phi) is 4.70. The van der Waals surface area contributed by atoms with Crippen LogP contribution < -0.4 is 15.9 Å². The van der Waals surface area contributed by atoms with E-state index in [1.165, 1.54) is 11.8 Å². The van der Waals surface area contributed by atoms with Crippen molar-refractivity contribution in [3.63, 3.8) is 0 Å². The van der Waals surface area contributed by atoms with E-state index >= 15 is 0 Å². The Hall–Kier alpha value is -2.31. The summed E-state index contributed by atoms with van der Waals surface area (Å²) in [4.78, 5) is 17.5. The molecule has 7 heteroatoms. The van der Waals surface area contributed by atoms with Crippen LogP contribution in [-0.4, -0.2) is 22.2 Å². The normalized spacial score (nSPS) is 18.5. The highest BCUT2D eigenvalue weighted by Crippen LogP contribution is 2.25. The highest BCUT2D eigenvalue weighted by Gasteiger charge is 2.32. The van der Waals surface area contributed by atoms with Crippen LogP contribution in [0.15, 0.2) is 58.6 Å². The van der Waals surface area contributed by atoms with Crippen LogP contribution in [0.25, 0.3) is 5.70 Å². The van der Waals surface area contributed by atoms with Crippen molar-refractivity contribution >= 4 is 40.1 Å². The summed E-state index contributed by atoms with van der Waals surface area (Å²) in [5.74, 6) is 0.481. The summed E-state index contributed by atoms with van der Waals surface area (Å²) in [6.45, 7) is 2.04. The number of fused-ring (bicyclic) bond motifs is 2. The molecule has 1 N–H and O–H groups in total. The van der Waals surface area contributed by atoms with Crippen molar-refractivity contribution in [2.75, 3.05) is 0 Å². The molecule has 2 aliphatic rings. The predicted molar refractivity (Wildman–Crippen MR) is 105 cm³/mol. The number of amidine groups is 1. The van der Waals surface area contributed by atoms with Gasteiger partial charge in [-0.2, -0.15) is 0 Å². The molecule has 2 heterocycles. The van der Waals surface area contributed by atoms with Gasteiger partial charge in [0.1, 0.15) is 11.9 Å². The first kappa shape index (κ1) is 17.1. The number of carbonyl (C=O) groups excluding carboxylic acids is 1. The van der Waals surface area contributed by atoms with Crippen molar-refractivity contribution < 1.29 is 4.79 Å². The van der Waals surface area contributed by atoms with Crippen molar-refractivity contribution in [3.8, 4) is 0 Å². The Labute approximate surface area is 160 Å². The van der Waals surface area contributed by atoms with Crippen molar-refractivity contribution in [2.24, 2.45) is 10.1 Å². The van der Waals surface area contributed by atoms with Crippen molar-refractivity contribution in [1.29, 1.82) is 0 Å². The molecule has 0 saturated heterocycles. The quantitative estimate of drug-likeness (QED) is 0.884. The number of hydrogen-bond acceptors (Lipinski definition) is 5. The molecule has 132 valence electrons. The molecule has 2 aliphatic heterocycles. The topological polar surface area (TPSA) is 57.1 Å². The van der Waals surface area contributed by atoms with Crippen LogP contribution in [0.1, 0.15) is 18.9 Å². The Morgan fingerprint density at radius 2 is 1.96 bits per heavy atom. The lowest BCUT2D eigenvalue weighted by atomic mass is 10.1. The van der Waals surface area contributed by atoms with Crippen LogP contribution in [0.3, 0.4) is 0 Å². The zero-order valence-electron chi connectivity index (χ0n) is 14.1. The van der Waals surface area contributed by atoms with Crippen molar-refractivity contribution in [1.82, 2.24) is 10.3 Å². The number of thioether (sulfide) groups is 1. The summed E-state index contributed by atoms with van der Waals surface area (Å²) in [6, 6.07) is 15.4. The van der Waals surface area contributed by atoms with Gasteiger partial charge in [0.25, 0.3) is 5.91 Å². The first-order valence-electron chi connectivity index (χ1n) is 8.40. The average molecular weight is 385 g/mol. The van der Waals surface area contributed by atoms with E-state index in [-0.39, 0.29) is 12.1 Å². The first-order chi connectivity index (χ1) is 12.7. The Morgan fingerprint density at radius 3 is 2.77 bits per heavy atom. The lowest BCUT2D eigenvalue weighted by molar-refractivity contribution is -0.116. The molecule has 1 amide bonds. The maximum Gasteiger partial charge on any atom is 0.276 e. The standard InChI is InChI=1S/C19H17ClN4OS/c1-2-16-21-15-10-6-4-8-13(15)17-18(25)22-19(23-24(16)17)26-11-12-7-3-5-9-14(12)20/h3-10,16H,2,11H2,1H3,(H,22,23,25). The number of hydrogen-bond donors (Lipinski definition) is 1. The van der Waals surface area contributed by atoms with Gasteiger partial charge in [0.15, 0.2) is 5.17 Å². The highest BCUT2D eigenvalue weighted by molar-refractivity contribution is 8.13. The summed E-state index contributed by atoms with van der Waals surface area (Å²) >= 11 is 7.67. The molecule has 4 rings (SSSR count). The van der Waals surface area contributed by atoms with Gasteiger partial charge >= 0.3 is 0 Å². The van der Waals surface area contributed by atoms with Crippen LogP contribution in [-0.2, 0) is 10.5 Å². The number of nitrogens with zero attached hydrogens (tertiary/aromatic N) is 3. The molecule has 1 unspecified atom stereocenters. The molecule has 0 aromatic heterocycles.